The van der Waals surface area contributed by atoms with Gasteiger partial charge in [0.15, 0.2) is 5.96 Å². The van der Waals surface area contributed by atoms with Gasteiger partial charge in [-0.1, -0.05) is 32.6 Å². The van der Waals surface area contributed by atoms with Crippen LogP contribution in [0.4, 0.5) is 0 Å². The van der Waals surface area contributed by atoms with E-state index in [1.165, 1.54) is 32.1 Å². The molecule has 0 spiro atoms. The van der Waals surface area contributed by atoms with Crippen LogP contribution in [0.25, 0.3) is 0 Å². The van der Waals surface area contributed by atoms with E-state index in [9.17, 15) is 9.00 Å². The van der Waals surface area contributed by atoms with E-state index in [2.05, 4.69) is 15.6 Å². The van der Waals surface area contributed by atoms with Gasteiger partial charge in [-0.2, -0.15) is 0 Å². The van der Waals surface area contributed by atoms with Crippen LogP contribution in [-0.2, 0) is 15.6 Å². The van der Waals surface area contributed by atoms with E-state index in [0.717, 1.165) is 43.9 Å². The first-order valence-electron chi connectivity index (χ1n) is 10.6. The largest absolute Gasteiger partial charge is 0.356 e. The summed E-state index contributed by atoms with van der Waals surface area (Å²) in [5, 5.41) is 7.30. The summed E-state index contributed by atoms with van der Waals surface area (Å²) < 4.78 is 12.2. The van der Waals surface area contributed by atoms with Crippen molar-refractivity contribution in [2.45, 2.75) is 76.0 Å². The van der Waals surface area contributed by atoms with Gasteiger partial charge in [-0.15, -0.1) is 24.0 Å². The molecule has 2 N–H and O–H groups in total. The van der Waals surface area contributed by atoms with Gasteiger partial charge in [0.2, 0.25) is 5.91 Å². The standard InChI is InChI=1S/C20H38N4O2S.HI/c1-4-27(26)18-12-8-11-17(13-18)23-20(22-15-19(25)24(2)3)21-14-16-9-6-5-7-10-16;/h16-18H,4-15H2,1-3H3,(H2,21,22,23);1H. The molecule has 2 rings (SSSR count). The van der Waals surface area contributed by atoms with E-state index >= 15 is 0 Å². The van der Waals surface area contributed by atoms with Crippen LogP contribution in [-0.4, -0.2) is 65.2 Å². The van der Waals surface area contributed by atoms with E-state index in [1.807, 2.05) is 6.92 Å². The van der Waals surface area contributed by atoms with Crippen molar-refractivity contribution < 1.29 is 9.00 Å². The van der Waals surface area contributed by atoms with Gasteiger partial charge in [0.05, 0.1) is 0 Å². The Morgan fingerprint density at radius 3 is 2.46 bits per heavy atom. The Balaban J connectivity index is 0.00000392. The van der Waals surface area contributed by atoms with E-state index in [-0.39, 0.29) is 47.7 Å². The van der Waals surface area contributed by atoms with Crippen LogP contribution in [0.15, 0.2) is 4.99 Å². The van der Waals surface area contributed by atoms with Crippen molar-refractivity contribution in [3.63, 3.8) is 0 Å². The molecular formula is C20H39IN4O2S. The molecule has 1 amide bonds. The highest BCUT2D eigenvalue weighted by Gasteiger charge is 2.26. The average molecular weight is 527 g/mol. The van der Waals surface area contributed by atoms with Gasteiger partial charge in [0.25, 0.3) is 0 Å². The maximum absolute atomic E-state index is 12.2. The molecule has 6 nitrogen and oxygen atoms in total. The number of likely N-dealkylation sites (N-methyl/N-ethyl adjacent to an activating group) is 1. The predicted molar refractivity (Wildman–Crippen MR) is 129 cm³/mol. The smallest absolute Gasteiger partial charge is 0.243 e. The molecule has 0 radical (unpaired) electrons. The molecule has 28 heavy (non-hydrogen) atoms. The number of halogens is 1. The number of rotatable bonds is 7. The number of nitrogens with one attached hydrogen (secondary N) is 2. The third-order valence-electron chi connectivity index (χ3n) is 5.78. The number of aliphatic imine (C=N–C) groups is 1. The second-order valence-electron chi connectivity index (χ2n) is 8.14. The van der Waals surface area contributed by atoms with Gasteiger partial charge in [-0.05, 0) is 38.0 Å². The van der Waals surface area contributed by atoms with Gasteiger partial charge in [-0.3, -0.25) is 9.00 Å². The second kappa shape index (κ2) is 13.8. The van der Waals surface area contributed by atoms with E-state index in [0.29, 0.717) is 5.92 Å². The van der Waals surface area contributed by atoms with Crippen molar-refractivity contribution in [1.82, 2.24) is 15.5 Å². The van der Waals surface area contributed by atoms with Gasteiger partial charge in [-0.25, -0.2) is 4.99 Å². The maximum atomic E-state index is 12.2. The second-order valence-corrected chi connectivity index (χ2v) is 10.1. The van der Waals surface area contributed by atoms with Crippen LogP contribution in [0, 0.1) is 5.92 Å². The number of amides is 1. The SMILES string of the molecule is CCS(=O)C1CCCC(NC(=NCC(=O)N(C)C)NCC2CCCCC2)C1.I. The maximum Gasteiger partial charge on any atom is 0.243 e. The fourth-order valence-corrected chi connectivity index (χ4v) is 5.36. The predicted octanol–water partition coefficient (Wildman–Crippen LogP) is 2.89. The zero-order valence-corrected chi connectivity index (χ0v) is 20.9. The molecule has 0 aliphatic heterocycles. The third-order valence-corrected chi connectivity index (χ3v) is 7.52. The highest BCUT2D eigenvalue weighted by Crippen LogP contribution is 2.24. The molecule has 0 aromatic heterocycles. The third kappa shape index (κ3) is 8.97. The van der Waals surface area contributed by atoms with E-state index in [4.69, 9.17) is 0 Å². The van der Waals surface area contributed by atoms with Gasteiger partial charge in [0, 0.05) is 48.5 Å². The van der Waals surface area contributed by atoms with Crippen LogP contribution in [0.2, 0.25) is 0 Å². The average Bonchev–Trinajstić information content (AvgIpc) is 2.70. The number of hydrogen-bond donors (Lipinski definition) is 2. The Labute approximate surface area is 190 Å². The Morgan fingerprint density at radius 1 is 1.11 bits per heavy atom. The highest BCUT2D eigenvalue weighted by molar-refractivity contribution is 14.0. The van der Waals surface area contributed by atoms with Crippen molar-refractivity contribution in [1.29, 1.82) is 0 Å². The summed E-state index contributed by atoms with van der Waals surface area (Å²) in [7, 11) is 2.78. The molecule has 8 heteroatoms. The lowest BCUT2D eigenvalue weighted by atomic mass is 9.89. The molecule has 0 aromatic carbocycles. The molecule has 3 unspecified atom stereocenters. The molecule has 0 saturated heterocycles. The van der Waals surface area contributed by atoms with Crippen LogP contribution in [0.3, 0.4) is 0 Å². The van der Waals surface area contributed by atoms with Gasteiger partial charge in [0.1, 0.15) is 6.54 Å². The molecule has 0 heterocycles. The lowest BCUT2D eigenvalue weighted by Crippen LogP contribution is -2.48. The van der Waals surface area contributed by atoms with E-state index in [1.54, 1.807) is 19.0 Å². The summed E-state index contributed by atoms with van der Waals surface area (Å²) in [6.07, 6.45) is 10.7. The quantitative estimate of drug-likeness (QED) is 0.304. The molecule has 164 valence electrons. The Kier molecular flexibility index (Phi) is 12.6. The topological polar surface area (TPSA) is 73.8 Å². The summed E-state index contributed by atoms with van der Waals surface area (Å²) in [6.45, 7) is 3.07. The number of hydrogen-bond acceptors (Lipinski definition) is 3. The summed E-state index contributed by atoms with van der Waals surface area (Å²) in [5.74, 6) is 2.17. The molecule has 0 bridgehead atoms. The van der Waals surface area contributed by atoms with Crippen molar-refractivity contribution >= 4 is 46.6 Å². The van der Waals surface area contributed by atoms with Crippen molar-refractivity contribution in [3.8, 4) is 0 Å². The Hall–Kier alpha value is -0.380. The fraction of sp³-hybridized carbons (Fsp3) is 0.900. The zero-order valence-electron chi connectivity index (χ0n) is 17.7. The van der Waals surface area contributed by atoms with Crippen LogP contribution in [0.1, 0.15) is 64.7 Å². The van der Waals surface area contributed by atoms with Gasteiger partial charge >= 0.3 is 0 Å². The van der Waals surface area contributed by atoms with Gasteiger partial charge < -0.3 is 15.5 Å². The van der Waals surface area contributed by atoms with Crippen molar-refractivity contribution in [2.24, 2.45) is 10.9 Å². The molecule has 2 fully saturated rings. The minimum absolute atomic E-state index is 0. The summed E-state index contributed by atoms with van der Waals surface area (Å²) in [4.78, 5) is 18.1. The Morgan fingerprint density at radius 2 is 1.82 bits per heavy atom. The first-order chi connectivity index (χ1) is 13.0. The van der Waals surface area contributed by atoms with Crippen LogP contribution < -0.4 is 10.6 Å². The fourth-order valence-electron chi connectivity index (χ4n) is 4.02. The monoisotopic (exact) mass is 526 g/mol. The molecule has 3 atom stereocenters. The molecular weight excluding hydrogens is 487 g/mol. The molecule has 2 aliphatic rings. The first-order valence-corrected chi connectivity index (χ1v) is 12.0. The minimum Gasteiger partial charge on any atom is -0.356 e. The van der Waals surface area contributed by atoms with Crippen LogP contribution >= 0.6 is 24.0 Å². The highest BCUT2D eigenvalue weighted by atomic mass is 127. The normalized spacial score (nSPS) is 24.8. The number of carbonyl (C=O) groups excluding carboxylic acids is 1. The molecule has 2 saturated carbocycles. The molecule has 2 aliphatic carbocycles. The summed E-state index contributed by atoms with van der Waals surface area (Å²) >= 11 is 0. The lowest BCUT2D eigenvalue weighted by Gasteiger charge is -2.31. The Bertz CT molecular complexity index is 524. The van der Waals surface area contributed by atoms with Crippen molar-refractivity contribution in [2.75, 3.05) is 32.9 Å². The van der Waals surface area contributed by atoms with E-state index < -0.39 is 10.8 Å². The molecule has 0 aromatic rings. The number of guanidine groups is 1. The number of nitrogens with zero attached hydrogens (tertiary/aromatic N) is 2. The lowest BCUT2D eigenvalue weighted by molar-refractivity contribution is -0.127. The first kappa shape index (κ1) is 25.7. The minimum atomic E-state index is -0.735. The number of carbonyl (C=O) groups is 1. The van der Waals surface area contributed by atoms with Crippen molar-refractivity contribution in [3.05, 3.63) is 0 Å². The van der Waals surface area contributed by atoms with Crippen LogP contribution in [0.5, 0.6) is 0 Å². The zero-order chi connectivity index (χ0) is 19.6. The summed E-state index contributed by atoms with van der Waals surface area (Å²) in [6, 6.07) is 0.284. The summed E-state index contributed by atoms with van der Waals surface area (Å²) in [5.41, 5.74) is 0.